The summed E-state index contributed by atoms with van der Waals surface area (Å²) in [7, 11) is 0. The van der Waals surface area contributed by atoms with Gasteiger partial charge in [-0.25, -0.2) is 0 Å². The van der Waals surface area contributed by atoms with Crippen LogP contribution in [0.1, 0.15) is 52.2 Å². The number of hydrogen-bond acceptors (Lipinski definition) is 2. The molecule has 0 aliphatic rings. The van der Waals surface area contributed by atoms with E-state index in [0.29, 0.717) is 12.3 Å². The quantitative estimate of drug-likeness (QED) is 0.659. The largest absolute Gasteiger partial charge is 0.508 e. The number of halogens is 2. The topological polar surface area (TPSA) is 23.5 Å². The third-order valence-corrected chi connectivity index (χ3v) is 4.43. The van der Waals surface area contributed by atoms with Gasteiger partial charge in [0.1, 0.15) is 5.75 Å². The number of alkyl halides is 2. The van der Waals surface area contributed by atoms with E-state index in [0.717, 1.165) is 25.1 Å². The van der Waals surface area contributed by atoms with Crippen molar-refractivity contribution in [1.82, 2.24) is 4.90 Å². The normalized spacial score (nSPS) is 15.1. The summed E-state index contributed by atoms with van der Waals surface area (Å²) in [5.41, 5.74) is 2.29. The lowest BCUT2D eigenvalue weighted by Gasteiger charge is -2.27. The van der Waals surface area contributed by atoms with E-state index in [1.165, 1.54) is 5.56 Å². The number of phenols is 1. The summed E-state index contributed by atoms with van der Waals surface area (Å²) < 4.78 is 0. The smallest absolute Gasteiger partial charge is 0.120 e. The molecule has 0 amide bonds. The van der Waals surface area contributed by atoms with Crippen LogP contribution in [0.5, 0.6) is 5.75 Å². The standard InChI is InChI=1S/C18H29Cl2NO/c1-6-18(4,5)16-7-8-17(22)15(9-16)12-21(10-13(2)19)11-14(3)20/h7-9,13-14,22H,6,10-12H2,1-5H3/t13-,14-/m1/s1. The summed E-state index contributed by atoms with van der Waals surface area (Å²) in [6.07, 6.45) is 1.05. The maximum Gasteiger partial charge on any atom is 0.120 e. The van der Waals surface area contributed by atoms with Crippen molar-refractivity contribution in [3.05, 3.63) is 29.3 Å². The second kappa shape index (κ2) is 8.42. The fraction of sp³-hybridized carbons (Fsp3) is 0.667. The zero-order valence-electron chi connectivity index (χ0n) is 14.4. The molecule has 2 nitrogen and oxygen atoms in total. The summed E-state index contributed by atoms with van der Waals surface area (Å²) in [4.78, 5) is 2.20. The molecular formula is C18H29Cl2NO. The molecule has 0 bridgehead atoms. The Morgan fingerprint density at radius 3 is 2.14 bits per heavy atom. The molecule has 0 fully saturated rings. The highest BCUT2D eigenvalue weighted by Gasteiger charge is 2.20. The minimum Gasteiger partial charge on any atom is -0.508 e. The molecule has 0 saturated carbocycles. The lowest BCUT2D eigenvalue weighted by atomic mass is 9.81. The maximum absolute atomic E-state index is 10.2. The Morgan fingerprint density at radius 1 is 1.14 bits per heavy atom. The predicted octanol–water partition coefficient (Wildman–Crippen LogP) is 5.14. The number of hydrogen-bond donors (Lipinski definition) is 1. The average Bonchev–Trinajstić information content (AvgIpc) is 2.39. The van der Waals surface area contributed by atoms with Crippen LogP contribution in [0, 0.1) is 0 Å². The Morgan fingerprint density at radius 2 is 1.68 bits per heavy atom. The fourth-order valence-electron chi connectivity index (χ4n) is 2.49. The van der Waals surface area contributed by atoms with Crippen LogP contribution in [0.15, 0.2) is 18.2 Å². The molecule has 0 radical (unpaired) electrons. The maximum atomic E-state index is 10.2. The van der Waals surface area contributed by atoms with Crippen LogP contribution in [0.4, 0.5) is 0 Å². The number of phenolic OH excluding ortho intramolecular Hbond substituents is 1. The first-order valence-electron chi connectivity index (χ1n) is 7.98. The van der Waals surface area contributed by atoms with E-state index in [-0.39, 0.29) is 16.2 Å². The van der Waals surface area contributed by atoms with Crippen molar-refractivity contribution < 1.29 is 5.11 Å². The molecular weight excluding hydrogens is 317 g/mol. The third kappa shape index (κ3) is 5.98. The molecule has 2 atom stereocenters. The fourth-order valence-corrected chi connectivity index (χ4v) is 2.88. The molecule has 1 aromatic rings. The van der Waals surface area contributed by atoms with Crippen molar-refractivity contribution in [2.24, 2.45) is 0 Å². The molecule has 1 rings (SSSR count). The Hall–Kier alpha value is -0.440. The molecule has 0 spiro atoms. The number of aromatic hydroxyl groups is 1. The summed E-state index contributed by atoms with van der Waals surface area (Å²) in [6, 6.07) is 5.93. The van der Waals surface area contributed by atoms with Gasteiger partial charge in [-0.2, -0.15) is 0 Å². The van der Waals surface area contributed by atoms with E-state index in [1.54, 1.807) is 6.07 Å². The van der Waals surface area contributed by atoms with Crippen molar-refractivity contribution in [2.45, 2.75) is 63.8 Å². The lowest BCUT2D eigenvalue weighted by molar-refractivity contribution is 0.266. The van der Waals surface area contributed by atoms with E-state index in [9.17, 15) is 5.11 Å². The van der Waals surface area contributed by atoms with Crippen LogP contribution in [-0.2, 0) is 12.0 Å². The van der Waals surface area contributed by atoms with Crippen molar-refractivity contribution in [3.63, 3.8) is 0 Å². The molecule has 4 heteroatoms. The summed E-state index contributed by atoms with van der Waals surface area (Å²) in [5, 5.41) is 10.3. The van der Waals surface area contributed by atoms with E-state index in [1.807, 2.05) is 19.9 Å². The van der Waals surface area contributed by atoms with Crippen LogP contribution in [0.2, 0.25) is 0 Å². The highest BCUT2D eigenvalue weighted by Crippen LogP contribution is 2.31. The Balaban J connectivity index is 3.00. The van der Waals surface area contributed by atoms with Crippen LogP contribution >= 0.6 is 23.2 Å². The van der Waals surface area contributed by atoms with E-state index >= 15 is 0 Å². The Labute approximate surface area is 145 Å². The predicted molar refractivity (Wildman–Crippen MR) is 97.3 cm³/mol. The van der Waals surface area contributed by atoms with Crippen molar-refractivity contribution in [3.8, 4) is 5.75 Å². The van der Waals surface area contributed by atoms with Gasteiger partial charge in [0.15, 0.2) is 0 Å². The zero-order chi connectivity index (χ0) is 16.9. The van der Waals surface area contributed by atoms with Crippen LogP contribution in [0.25, 0.3) is 0 Å². The van der Waals surface area contributed by atoms with Gasteiger partial charge in [0.25, 0.3) is 0 Å². The van der Waals surface area contributed by atoms with E-state index < -0.39 is 0 Å². The molecule has 0 aliphatic heterocycles. The summed E-state index contributed by atoms with van der Waals surface area (Å²) in [5.74, 6) is 0.338. The molecule has 1 aromatic carbocycles. The van der Waals surface area contributed by atoms with Gasteiger partial charge in [0, 0.05) is 36.0 Å². The summed E-state index contributed by atoms with van der Waals surface area (Å²) >= 11 is 12.3. The molecule has 0 aliphatic carbocycles. The van der Waals surface area contributed by atoms with Crippen LogP contribution < -0.4 is 0 Å². The zero-order valence-corrected chi connectivity index (χ0v) is 15.9. The molecule has 0 saturated heterocycles. The monoisotopic (exact) mass is 345 g/mol. The molecule has 1 N–H and O–H groups in total. The van der Waals surface area contributed by atoms with Crippen LogP contribution in [-0.4, -0.2) is 33.9 Å². The number of nitrogens with zero attached hydrogens (tertiary/aromatic N) is 1. The third-order valence-electron chi connectivity index (χ3n) is 4.16. The van der Waals surface area contributed by atoms with Gasteiger partial charge in [0.2, 0.25) is 0 Å². The minimum absolute atomic E-state index is 0.0489. The second-order valence-electron chi connectivity index (χ2n) is 6.84. The SMILES string of the molecule is CCC(C)(C)c1ccc(O)c(CN(C[C@@H](C)Cl)C[C@@H](C)Cl)c1. The average molecular weight is 346 g/mol. The van der Waals surface area contributed by atoms with Crippen LogP contribution in [0.3, 0.4) is 0 Å². The second-order valence-corrected chi connectivity index (χ2v) is 8.33. The van der Waals surface area contributed by atoms with Gasteiger partial charge < -0.3 is 5.11 Å². The van der Waals surface area contributed by atoms with Gasteiger partial charge in [-0.05, 0) is 37.3 Å². The van der Waals surface area contributed by atoms with E-state index in [4.69, 9.17) is 23.2 Å². The Kier molecular flexibility index (Phi) is 7.51. The summed E-state index contributed by atoms with van der Waals surface area (Å²) in [6.45, 7) is 12.7. The van der Waals surface area contributed by atoms with Gasteiger partial charge in [-0.3, -0.25) is 4.90 Å². The lowest BCUT2D eigenvalue weighted by Crippen LogP contribution is -2.33. The molecule has 0 heterocycles. The minimum atomic E-state index is 0.0489. The van der Waals surface area contributed by atoms with Crippen molar-refractivity contribution >= 4 is 23.2 Å². The molecule has 0 aromatic heterocycles. The molecule has 126 valence electrons. The number of benzene rings is 1. The van der Waals surface area contributed by atoms with Gasteiger partial charge in [0.05, 0.1) is 0 Å². The first-order valence-corrected chi connectivity index (χ1v) is 8.86. The first-order chi connectivity index (χ1) is 10.2. The Bertz CT molecular complexity index is 462. The number of rotatable bonds is 8. The van der Waals surface area contributed by atoms with Gasteiger partial charge >= 0.3 is 0 Å². The van der Waals surface area contributed by atoms with Crippen molar-refractivity contribution in [2.75, 3.05) is 13.1 Å². The van der Waals surface area contributed by atoms with Gasteiger partial charge in [-0.15, -0.1) is 23.2 Å². The first kappa shape index (κ1) is 19.6. The molecule has 0 unspecified atom stereocenters. The van der Waals surface area contributed by atoms with Crippen molar-refractivity contribution in [1.29, 1.82) is 0 Å². The van der Waals surface area contributed by atoms with Gasteiger partial charge in [-0.1, -0.05) is 32.9 Å². The highest BCUT2D eigenvalue weighted by molar-refractivity contribution is 6.21. The van der Waals surface area contributed by atoms with E-state index in [2.05, 4.69) is 31.7 Å². The molecule has 22 heavy (non-hydrogen) atoms. The highest BCUT2D eigenvalue weighted by atomic mass is 35.5.